The number of benzene rings is 3. The van der Waals surface area contributed by atoms with E-state index < -0.39 is 0 Å². The molecule has 3 aromatic carbocycles. The van der Waals surface area contributed by atoms with Crippen LogP contribution in [0.2, 0.25) is 10.0 Å². The Bertz CT molecular complexity index is 1520. The zero-order valence-corrected chi connectivity index (χ0v) is 25.9. The molecule has 8 heteroatoms. The first-order valence-corrected chi connectivity index (χ1v) is 15.1. The van der Waals surface area contributed by atoms with Gasteiger partial charge in [0.05, 0.1) is 17.8 Å². The van der Waals surface area contributed by atoms with Gasteiger partial charge in [-0.15, -0.1) is 0 Å². The molecule has 1 fully saturated rings. The van der Waals surface area contributed by atoms with Crippen molar-refractivity contribution in [1.82, 2.24) is 14.8 Å². The summed E-state index contributed by atoms with van der Waals surface area (Å²) in [6.45, 7) is 8.44. The van der Waals surface area contributed by atoms with E-state index in [9.17, 15) is 4.79 Å². The average molecular weight is 617 g/mol. The third-order valence-electron chi connectivity index (χ3n) is 7.37. The van der Waals surface area contributed by atoms with E-state index in [0.717, 1.165) is 42.2 Å². The van der Waals surface area contributed by atoms with Crippen LogP contribution in [0.4, 0.5) is 0 Å². The van der Waals surface area contributed by atoms with Crippen molar-refractivity contribution >= 4 is 35.2 Å². The van der Waals surface area contributed by atoms with E-state index in [1.165, 1.54) is 16.7 Å². The molecule has 0 atom stereocenters. The van der Waals surface area contributed by atoms with Gasteiger partial charge in [0.15, 0.2) is 5.75 Å². The fourth-order valence-electron chi connectivity index (χ4n) is 4.89. The molecule has 0 spiro atoms. The summed E-state index contributed by atoms with van der Waals surface area (Å²) >= 11 is 12.6. The first-order chi connectivity index (χ1) is 20.8. The Labute approximate surface area is 263 Å². The zero-order valence-electron chi connectivity index (χ0n) is 24.4. The quantitative estimate of drug-likeness (QED) is 0.171. The van der Waals surface area contributed by atoms with Crippen molar-refractivity contribution in [3.63, 3.8) is 0 Å². The highest BCUT2D eigenvalue weighted by atomic mass is 35.5. The summed E-state index contributed by atoms with van der Waals surface area (Å²) in [5.74, 6) is 1.62. The Hall–Kier alpha value is -3.84. The molecule has 222 valence electrons. The predicted molar refractivity (Wildman–Crippen MR) is 173 cm³/mol. The second kappa shape index (κ2) is 14.6. The second-order valence-electron chi connectivity index (χ2n) is 10.7. The Balaban J connectivity index is 1.10. The van der Waals surface area contributed by atoms with E-state index in [2.05, 4.69) is 41.1 Å². The van der Waals surface area contributed by atoms with Crippen molar-refractivity contribution in [2.24, 2.45) is 0 Å². The van der Waals surface area contributed by atoms with Crippen LogP contribution in [0.5, 0.6) is 17.4 Å². The first kappa shape index (κ1) is 30.6. The lowest BCUT2D eigenvalue weighted by Crippen LogP contribution is -2.47. The minimum atomic E-state index is -0.00869. The van der Waals surface area contributed by atoms with Crippen LogP contribution in [0.1, 0.15) is 27.8 Å². The van der Waals surface area contributed by atoms with Gasteiger partial charge in [-0.2, -0.15) is 0 Å². The third kappa shape index (κ3) is 8.83. The van der Waals surface area contributed by atoms with Gasteiger partial charge >= 0.3 is 0 Å². The number of carbonyl (C=O) groups excluding carboxylic acids is 1. The van der Waals surface area contributed by atoms with E-state index in [0.29, 0.717) is 42.1 Å². The topological polar surface area (TPSA) is 54.9 Å². The molecule has 1 aliphatic rings. The highest BCUT2D eigenvalue weighted by molar-refractivity contribution is 6.32. The standard InChI is InChI=1S/C35H35Cl2N3O3/c1-25-3-5-27(6-4-25)15-20-42-31-12-13-33(38-23-31)43-35-26(2)21-29(22-32(35)37)9-14-34(41)40-18-16-39(17-19-40)24-28-7-10-30(36)11-8-28/h3-14,21-23H,15-20,24H2,1-2H3/b14-9+. The monoisotopic (exact) mass is 615 g/mol. The van der Waals surface area contributed by atoms with Crippen LogP contribution < -0.4 is 9.47 Å². The van der Waals surface area contributed by atoms with E-state index in [4.69, 9.17) is 32.7 Å². The summed E-state index contributed by atoms with van der Waals surface area (Å²) in [4.78, 5) is 21.5. The van der Waals surface area contributed by atoms with Crippen molar-refractivity contribution in [2.75, 3.05) is 32.8 Å². The molecule has 1 aromatic heterocycles. The molecule has 0 unspecified atom stereocenters. The Morgan fingerprint density at radius 2 is 1.63 bits per heavy atom. The van der Waals surface area contributed by atoms with E-state index in [1.54, 1.807) is 30.5 Å². The minimum absolute atomic E-state index is 0.00869. The molecule has 1 amide bonds. The molecule has 43 heavy (non-hydrogen) atoms. The number of piperazine rings is 1. The van der Waals surface area contributed by atoms with E-state index in [1.807, 2.05) is 48.2 Å². The maximum atomic E-state index is 12.9. The highest BCUT2D eigenvalue weighted by Gasteiger charge is 2.20. The molecule has 0 aliphatic carbocycles. The van der Waals surface area contributed by atoms with Gasteiger partial charge in [0, 0.05) is 56.3 Å². The van der Waals surface area contributed by atoms with Gasteiger partial charge in [-0.1, -0.05) is 65.2 Å². The van der Waals surface area contributed by atoms with Crippen LogP contribution in [0, 0.1) is 13.8 Å². The smallest absolute Gasteiger partial charge is 0.246 e. The fourth-order valence-corrected chi connectivity index (χ4v) is 5.33. The van der Waals surface area contributed by atoms with E-state index >= 15 is 0 Å². The highest BCUT2D eigenvalue weighted by Crippen LogP contribution is 2.34. The minimum Gasteiger partial charge on any atom is -0.492 e. The van der Waals surface area contributed by atoms with Gasteiger partial charge < -0.3 is 14.4 Å². The number of pyridine rings is 1. The molecule has 0 saturated carbocycles. The predicted octanol–water partition coefficient (Wildman–Crippen LogP) is 7.78. The molecular weight excluding hydrogens is 581 g/mol. The number of nitrogens with zero attached hydrogens (tertiary/aromatic N) is 3. The summed E-state index contributed by atoms with van der Waals surface area (Å²) in [5, 5.41) is 1.19. The largest absolute Gasteiger partial charge is 0.492 e. The number of carbonyl (C=O) groups is 1. The van der Waals surface area contributed by atoms with Crippen LogP contribution in [0.25, 0.3) is 6.08 Å². The molecule has 5 rings (SSSR count). The summed E-state index contributed by atoms with van der Waals surface area (Å²) in [6, 6.07) is 23.7. The summed E-state index contributed by atoms with van der Waals surface area (Å²) < 4.78 is 11.8. The van der Waals surface area contributed by atoms with E-state index in [-0.39, 0.29) is 5.91 Å². The van der Waals surface area contributed by atoms with Gasteiger partial charge in [0.25, 0.3) is 0 Å². The number of hydrogen-bond acceptors (Lipinski definition) is 5. The fraction of sp³-hybridized carbons (Fsp3) is 0.257. The molecule has 4 aromatic rings. The molecule has 6 nitrogen and oxygen atoms in total. The van der Waals surface area contributed by atoms with Gasteiger partial charge in [0.2, 0.25) is 11.8 Å². The average Bonchev–Trinajstić information content (AvgIpc) is 3.01. The van der Waals surface area contributed by atoms with Crippen molar-refractivity contribution in [2.45, 2.75) is 26.8 Å². The van der Waals surface area contributed by atoms with Crippen LogP contribution in [0.15, 0.2) is 85.1 Å². The molecule has 0 radical (unpaired) electrons. The maximum absolute atomic E-state index is 12.9. The summed E-state index contributed by atoms with van der Waals surface area (Å²) in [6.07, 6.45) is 5.88. The van der Waals surface area contributed by atoms with Gasteiger partial charge in [0.1, 0.15) is 5.75 Å². The number of ether oxygens (including phenoxy) is 2. The van der Waals surface area contributed by atoms with Crippen molar-refractivity contribution < 1.29 is 14.3 Å². The number of aryl methyl sites for hydroxylation is 2. The first-order valence-electron chi connectivity index (χ1n) is 14.4. The van der Waals surface area contributed by atoms with Crippen molar-refractivity contribution in [1.29, 1.82) is 0 Å². The Morgan fingerprint density at radius 1 is 0.907 bits per heavy atom. The molecule has 2 heterocycles. The molecule has 1 saturated heterocycles. The van der Waals surface area contributed by atoms with Crippen LogP contribution >= 0.6 is 23.2 Å². The van der Waals surface area contributed by atoms with Gasteiger partial charge in [-0.3, -0.25) is 9.69 Å². The number of hydrogen-bond donors (Lipinski definition) is 0. The van der Waals surface area contributed by atoms with Crippen molar-refractivity contribution in [3.8, 4) is 17.4 Å². The lowest BCUT2D eigenvalue weighted by Gasteiger charge is -2.34. The normalized spacial score (nSPS) is 13.8. The summed E-state index contributed by atoms with van der Waals surface area (Å²) in [7, 11) is 0. The maximum Gasteiger partial charge on any atom is 0.246 e. The van der Waals surface area contributed by atoms with Crippen molar-refractivity contribution in [3.05, 3.63) is 123 Å². The lowest BCUT2D eigenvalue weighted by atomic mass is 10.1. The number of aromatic nitrogens is 1. The number of rotatable bonds is 10. The summed E-state index contributed by atoms with van der Waals surface area (Å²) in [5.41, 5.74) is 5.36. The van der Waals surface area contributed by atoms with Crippen LogP contribution in [-0.2, 0) is 17.8 Å². The van der Waals surface area contributed by atoms with Gasteiger partial charge in [-0.25, -0.2) is 4.98 Å². The van der Waals surface area contributed by atoms with Gasteiger partial charge in [-0.05, 0) is 72.5 Å². The Kier molecular flexibility index (Phi) is 10.4. The number of halogens is 2. The Morgan fingerprint density at radius 3 is 2.30 bits per heavy atom. The third-order valence-corrected chi connectivity index (χ3v) is 7.90. The van der Waals surface area contributed by atoms with Crippen LogP contribution in [-0.4, -0.2) is 53.5 Å². The zero-order chi connectivity index (χ0) is 30.2. The molecular formula is C35H35Cl2N3O3. The molecule has 0 bridgehead atoms. The van der Waals surface area contributed by atoms with Crippen LogP contribution in [0.3, 0.4) is 0 Å². The number of amides is 1. The molecule has 0 N–H and O–H groups in total. The molecule has 1 aliphatic heterocycles. The lowest BCUT2D eigenvalue weighted by molar-refractivity contribution is -0.127. The second-order valence-corrected chi connectivity index (χ2v) is 11.6. The SMILES string of the molecule is Cc1ccc(CCOc2ccc(Oc3c(C)cc(/C=C/C(=O)N4CCN(Cc5ccc(Cl)cc5)CC4)cc3Cl)nc2)cc1.